The number of rotatable bonds is 6. The Hall–Kier alpha value is -8.54. The predicted octanol–water partition coefficient (Wildman–Crippen LogP) is 18.5. The zero-order chi connectivity index (χ0) is 51.9. The minimum absolute atomic E-state index is 0.704. The molecule has 5 heteroatoms. The van der Waals surface area contributed by atoms with Crippen LogP contribution in [0.3, 0.4) is 0 Å². The van der Waals surface area contributed by atoms with Gasteiger partial charge in [0.1, 0.15) is 0 Å². The standard InChI is InChI=1S/C70H61N5/c1-38-29-31-63-55(33-38)51-21-13-17-25-59(51)73(63)61-27-19-15-23-53(61)57-36-50(70-71-40(3)35-41(4)72-70)37-58(54-24-16-20-28-62(54)74-60-26-18-14-22-52(60)56-34-39(2)30-32-64(56)74)69(57)75-67-48(11)44(7)42(5)46(9)65(67)66-47(10)43(6)45(8)49(12)68(66)75/h13-37H,1-12H3. The van der Waals surface area contributed by atoms with Crippen LogP contribution in [0.4, 0.5) is 0 Å². The molecule has 13 rings (SSSR count). The molecule has 0 aliphatic carbocycles. The first-order valence-corrected chi connectivity index (χ1v) is 26.4. The summed E-state index contributed by atoms with van der Waals surface area (Å²) in [6.45, 7) is 27.2. The van der Waals surface area contributed by atoms with Crippen LogP contribution in [0, 0.1) is 83.1 Å². The highest BCUT2D eigenvalue weighted by molar-refractivity contribution is 6.18. The van der Waals surface area contributed by atoms with Crippen molar-refractivity contribution in [3.63, 3.8) is 0 Å². The van der Waals surface area contributed by atoms with Crippen molar-refractivity contribution in [1.29, 1.82) is 0 Å². The van der Waals surface area contributed by atoms with Crippen LogP contribution in [0.2, 0.25) is 0 Å². The van der Waals surface area contributed by atoms with E-state index >= 15 is 0 Å². The van der Waals surface area contributed by atoms with Crippen LogP contribution in [0.5, 0.6) is 0 Å². The first-order chi connectivity index (χ1) is 36.2. The molecule has 0 amide bonds. The summed E-state index contributed by atoms with van der Waals surface area (Å²) in [6.07, 6.45) is 0. The number of nitrogens with zero attached hydrogens (tertiary/aromatic N) is 5. The molecule has 4 heterocycles. The summed E-state index contributed by atoms with van der Waals surface area (Å²) in [5.74, 6) is 0.704. The molecule has 0 bridgehead atoms. The van der Waals surface area contributed by atoms with Gasteiger partial charge in [-0.1, -0.05) is 96.1 Å². The van der Waals surface area contributed by atoms with Gasteiger partial charge in [-0.3, -0.25) is 0 Å². The minimum Gasteiger partial charge on any atom is -0.309 e. The van der Waals surface area contributed by atoms with Gasteiger partial charge in [0.05, 0.1) is 50.2 Å². The number of aromatic nitrogens is 5. The molecule has 0 atom stereocenters. The Morgan fingerprint density at radius 1 is 0.307 bits per heavy atom. The fourth-order valence-electron chi connectivity index (χ4n) is 12.8. The lowest BCUT2D eigenvalue weighted by Gasteiger charge is -2.25. The number of hydrogen-bond donors (Lipinski definition) is 0. The topological polar surface area (TPSA) is 40.6 Å². The second-order valence-corrected chi connectivity index (χ2v) is 21.5. The van der Waals surface area contributed by atoms with E-state index in [0.29, 0.717) is 5.82 Å². The number of fused-ring (bicyclic) bond motifs is 9. The predicted molar refractivity (Wildman–Crippen MR) is 318 cm³/mol. The maximum absolute atomic E-state index is 5.26. The van der Waals surface area contributed by atoms with E-state index in [1.54, 1.807) is 0 Å². The van der Waals surface area contributed by atoms with Gasteiger partial charge in [-0.25, -0.2) is 9.97 Å². The molecule has 0 spiro atoms. The molecule has 0 saturated heterocycles. The van der Waals surface area contributed by atoms with Gasteiger partial charge >= 0.3 is 0 Å². The fourth-order valence-corrected chi connectivity index (χ4v) is 12.8. The summed E-state index contributed by atoms with van der Waals surface area (Å²) in [7, 11) is 0. The third kappa shape index (κ3) is 6.76. The monoisotopic (exact) mass is 971 g/mol. The Bertz CT molecular complexity index is 4320. The van der Waals surface area contributed by atoms with E-state index in [0.717, 1.165) is 56.3 Å². The van der Waals surface area contributed by atoms with Crippen LogP contribution >= 0.6 is 0 Å². The van der Waals surface area contributed by atoms with Crippen molar-refractivity contribution >= 4 is 65.4 Å². The molecule has 0 unspecified atom stereocenters. The molecule has 0 saturated carbocycles. The zero-order valence-corrected chi connectivity index (χ0v) is 45.2. The van der Waals surface area contributed by atoms with Crippen LogP contribution in [0.1, 0.15) is 67.0 Å². The molecule has 9 aromatic carbocycles. The first kappa shape index (κ1) is 46.3. The van der Waals surface area contributed by atoms with Crippen LogP contribution in [-0.4, -0.2) is 23.7 Å². The van der Waals surface area contributed by atoms with Gasteiger partial charge < -0.3 is 13.7 Å². The van der Waals surface area contributed by atoms with Crippen molar-refractivity contribution in [2.75, 3.05) is 0 Å². The fraction of sp³-hybridized carbons (Fsp3) is 0.171. The third-order valence-corrected chi connectivity index (χ3v) is 17.1. The lowest BCUT2D eigenvalue weighted by Crippen LogP contribution is -2.08. The van der Waals surface area contributed by atoms with Gasteiger partial charge in [-0.15, -0.1) is 0 Å². The van der Waals surface area contributed by atoms with E-state index in [1.165, 1.54) is 121 Å². The Morgan fingerprint density at radius 3 is 1.15 bits per heavy atom. The Labute approximate surface area is 439 Å². The molecule has 75 heavy (non-hydrogen) atoms. The summed E-state index contributed by atoms with van der Waals surface area (Å²) in [5, 5.41) is 7.59. The zero-order valence-electron chi connectivity index (χ0n) is 45.2. The van der Waals surface area contributed by atoms with E-state index in [2.05, 4.69) is 248 Å². The molecule has 4 aromatic heterocycles. The van der Waals surface area contributed by atoms with Crippen LogP contribution < -0.4 is 0 Å². The van der Waals surface area contributed by atoms with Crippen molar-refractivity contribution < 1.29 is 0 Å². The second kappa shape index (κ2) is 17.0. The number of hydrogen-bond acceptors (Lipinski definition) is 2. The molecule has 13 aromatic rings. The maximum atomic E-state index is 5.26. The summed E-state index contributed by atoms with van der Waals surface area (Å²) < 4.78 is 7.69. The molecular formula is C70H61N5. The Morgan fingerprint density at radius 2 is 0.693 bits per heavy atom. The van der Waals surface area contributed by atoms with Crippen LogP contribution in [-0.2, 0) is 0 Å². The van der Waals surface area contributed by atoms with E-state index in [1.807, 2.05) is 0 Å². The molecule has 0 fully saturated rings. The number of para-hydroxylation sites is 4. The highest BCUT2D eigenvalue weighted by Gasteiger charge is 2.30. The van der Waals surface area contributed by atoms with E-state index in [4.69, 9.17) is 9.97 Å². The first-order valence-electron chi connectivity index (χ1n) is 26.4. The Balaban J connectivity index is 1.30. The third-order valence-electron chi connectivity index (χ3n) is 17.1. The van der Waals surface area contributed by atoms with Crippen molar-refractivity contribution in [3.05, 3.63) is 219 Å². The van der Waals surface area contributed by atoms with Crippen molar-refractivity contribution in [1.82, 2.24) is 23.7 Å². The summed E-state index contributed by atoms with van der Waals surface area (Å²) in [6, 6.07) is 56.6. The number of aryl methyl sites for hydroxylation is 8. The van der Waals surface area contributed by atoms with Crippen molar-refractivity contribution in [2.24, 2.45) is 0 Å². The highest BCUT2D eigenvalue weighted by Crippen LogP contribution is 2.51. The minimum atomic E-state index is 0.704. The summed E-state index contributed by atoms with van der Waals surface area (Å²) >= 11 is 0. The highest BCUT2D eigenvalue weighted by atomic mass is 15.0. The van der Waals surface area contributed by atoms with Crippen LogP contribution in [0.25, 0.3) is 116 Å². The lowest BCUT2D eigenvalue weighted by atomic mass is 9.90. The average Bonchev–Trinajstić information content (AvgIpc) is 4.07. The Kier molecular flexibility index (Phi) is 10.5. The molecule has 0 aliphatic rings. The molecule has 0 aliphatic heterocycles. The summed E-state index contributed by atoms with van der Waals surface area (Å²) in [4.78, 5) is 10.5. The molecule has 366 valence electrons. The molecule has 0 N–H and O–H groups in total. The lowest BCUT2D eigenvalue weighted by molar-refractivity contribution is 1.06. The smallest absolute Gasteiger partial charge is 0.159 e. The van der Waals surface area contributed by atoms with Gasteiger partial charge in [-0.05, 0) is 194 Å². The van der Waals surface area contributed by atoms with Gasteiger partial charge in [0.2, 0.25) is 0 Å². The van der Waals surface area contributed by atoms with Crippen LogP contribution in [0.15, 0.2) is 152 Å². The van der Waals surface area contributed by atoms with Gasteiger partial charge in [0, 0.05) is 71.5 Å². The largest absolute Gasteiger partial charge is 0.309 e. The van der Waals surface area contributed by atoms with Gasteiger partial charge in [0.15, 0.2) is 5.82 Å². The van der Waals surface area contributed by atoms with E-state index in [9.17, 15) is 0 Å². The maximum Gasteiger partial charge on any atom is 0.159 e. The molecule has 5 nitrogen and oxygen atoms in total. The number of benzene rings is 9. The molecule has 0 radical (unpaired) electrons. The average molecular weight is 972 g/mol. The summed E-state index contributed by atoms with van der Waals surface area (Å²) in [5.41, 5.74) is 30.7. The van der Waals surface area contributed by atoms with Crippen molar-refractivity contribution in [2.45, 2.75) is 83.1 Å². The quantitative estimate of drug-likeness (QED) is 0.167. The van der Waals surface area contributed by atoms with E-state index < -0.39 is 0 Å². The van der Waals surface area contributed by atoms with Gasteiger partial charge in [0.25, 0.3) is 0 Å². The van der Waals surface area contributed by atoms with Crippen molar-refractivity contribution in [3.8, 4) is 50.7 Å². The molecular weight excluding hydrogens is 911 g/mol. The van der Waals surface area contributed by atoms with Gasteiger partial charge in [-0.2, -0.15) is 0 Å². The van der Waals surface area contributed by atoms with E-state index in [-0.39, 0.29) is 0 Å². The SMILES string of the molecule is Cc1ccc2c(c1)c1ccccc1n2-c1ccccc1-c1cc(-c2nc(C)cc(C)n2)cc(-c2ccccc2-n2c3ccccc3c3cc(C)ccc32)c1-n1c2c(C)c(C)c(C)c(C)c2c2c(C)c(C)c(C)c(C)c21. The second-order valence-electron chi connectivity index (χ2n) is 21.5. The normalized spacial score (nSPS) is 12.0.